The van der Waals surface area contributed by atoms with Gasteiger partial charge in [0.2, 0.25) is 0 Å². The van der Waals surface area contributed by atoms with Gasteiger partial charge in [0.25, 0.3) is 0 Å². The Hall–Kier alpha value is -1.68. The Morgan fingerprint density at radius 3 is 3.05 bits per heavy atom. The monoisotopic (exact) mass is 270 g/mol. The van der Waals surface area contributed by atoms with Crippen molar-refractivity contribution in [3.05, 3.63) is 40.5 Å². The zero-order chi connectivity index (χ0) is 13.0. The van der Waals surface area contributed by atoms with Crippen LogP contribution in [0.4, 0.5) is 0 Å². The molecule has 0 aliphatic carbocycles. The average Bonchev–Trinajstić information content (AvgIpc) is 3.00. The van der Waals surface area contributed by atoms with Gasteiger partial charge in [-0.1, -0.05) is 23.9 Å². The second kappa shape index (κ2) is 3.90. The Morgan fingerprint density at radius 2 is 2.16 bits per heavy atom. The maximum absolute atomic E-state index is 5.74. The van der Waals surface area contributed by atoms with Crippen molar-refractivity contribution in [2.24, 2.45) is 4.99 Å². The number of furan rings is 1. The van der Waals surface area contributed by atoms with Crippen molar-refractivity contribution in [1.82, 2.24) is 4.90 Å². The molecule has 0 saturated heterocycles. The summed E-state index contributed by atoms with van der Waals surface area (Å²) in [5.41, 5.74) is 3.47. The Bertz CT molecular complexity index is 742. The highest BCUT2D eigenvalue weighted by atomic mass is 32.2. The fourth-order valence-electron chi connectivity index (χ4n) is 2.77. The Morgan fingerprint density at radius 1 is 1.26 bits per heavy atom. The number of rotatable bonds is 1. The third kappa shape index (κ3) is 1.63. The van der Waals surface area contributed by atoms with Crippen LogP contribution in [0, 0.1) is 6.92 Å². The number of hydrogen-bond donors (Lipinski definition) is 0. The summed E-state index contributed by atoms with van der Waals surface area (Å²) >= 11 is 1.77. The standard InChI is InChI=1S/C15H14N2OS/c1-9-7-11-3-4-12(8-13(11)18-9)14-10(2)19-15-16-5-6-17(14)15/h3-4,7-8H,5-6H2,1-2H3. The molecule has 3 heterocycles. The van der Waals surface area contributed by atoms with Crippen molar-refractivity contribution in [2.75, 3.05) is 13.1 Å². The molecule has 0 atom stereocenters. The molecule has 1 aromatic heterocycles. The summed E-state index contributed by atoms with van der Waals surface area (Å²) in [5, 5.41) is 2.31. The summed E-state index contributed by atoms with van der Waals surface area (Å²) in [6.45, 7) is 6.05. The molecular weight excluding hydrogens is 256 g/mol. The fraction of sp³-hybridized carbons (Fsp3) is 0.267. The molecule has 19 heavy (non-hydrogen) atoms. The first-order valence-corrected chi connectivity index (χ1v) is 7.25. The van der Waals surface area contributed by atoms with Crippen LogP contribution in [0.3, 0.4) is 0 Å². The molecule has 0 fully saturated rings. The second-order valence-electron chi connectivity index (χ2n) is 4.93. The van der Waals surface area contributed by atoms with Gasteiger partial charge in [-0.05, 0) is 26.0 Å². The van der Waals surface area contributed by atoms with Gasteiger partial charge in [-0.25, -0.2) is 0 Å². The van der Waals surface area contributed by atoms with Crippen LogP contribution in [-0.2, 0) is 0 Å². The molecule has 0 spiro atoms. The van der Waals surface area contributed by atoms with Gasteiger partial charge < -0.3 is 9.32 Å². The number of benzene rings is 1. The molecule has 0 radical (unpaired) electrons. The first-order chi connectivity index (χ1) is 9.22. The smallest absolute Gasteiger partial charge is 0.168 e. The second-order valence-corrected chi connectivity index (χ2v) is 6.11. The lowest BCUT2D eigenvalue weighted by Crippen LogP contribution is -2.19. The summed E-state index contributed by atoms with van der Waals surface area (Å²) in [5.74, 6) is 0.960. The summed E-state index contributed by atoms with van der Waals surface area (Å²) in [7, 11) is 0. The lowest BCUT2D eigenvalue weighted by atomic mass is 10.1. The highest BCUT2D eigenvalue weighted by molar-refractivity contribution is 8.17. The fourth-order valence-corrected chi connectivity index (χ4v) is 3.81. The topological polar surface area (TPSA) is 28.7 Å². The van der Waals surface area contributed by atoms with Crippen LogP contribution in [0.25, 0.3) is 16.7 Å². The van der Waals surface area contributed by atoms with Crippen LogP contribution in [0.5, 0.6) is 0 Å². The number of aryl methyl sites for hydroxylation is 1. The van der Waals surface area contributed by atoms with Crippen LogP contribution in [0.1, 0.15) is 18.2 Å². The van der Waals surface area contributed by atoms with E-state index in [1.807, 2.05) is 6.92 Å². The van der Waals surface area contributed by atoms with Gasteiger partial charge >= 0.3 is 0 Å². The predicted octanol–water partition coefficient (Wildman–Crippen LogP) is 3.85. The van der Waals surface area contributed by atoms with Crippen molar-refractivity contribution >= 4 is 33.6 Å². The van der Waals surface area contributed by atoms with Gasteiger partial charge in [0.05, 0.1) is 12.2 Å². The van der Waals surface area contributed by atoms with E-state index in [0.29, 0.717) is 0 Å². The van der Waals surface area contributed by atoms with E-state index in [0.717, 1.165) is 29.6 Å². The normalized spacial score (nSPS) is 18.4. The van der Waals surface area contributed by atoms with E-state index < -0.39 is 0 Å². The minimum absolute atomic E-state index is 0.904. The molecular formula is C15H14N2OS. The average molecular weight is 270 g/mol. The number of nitrogens with zero attached hydrogens (tertiary/aromatic N) is 2. The number of allylic oxidation sites excluding steroid dienone is 1. The molecule has 96 valence electrons. The van der Waals surface area contributed by atoms with E-state index in [1.165, 1.54) is 21.6 Å². The zero-order valence-electron chi connectivity index (χ0n) is 10.9. The van der Waals surface area contributed by atoms with Gasteiger partial charge in [-0.15, -0.1) is 0 Å². The molecule has 1 aromatic carbocycles. The van der Waals surface area contributed by atoms with Crippen LogP contribution >= 0.6 is 11.8 Å². The van der Waals surface area contributed by atoms with Crippen LogP contribution in [0.2, 0.25) is 0 Å². The molecule has 3 nitrogen and oxygen atoms in total. The van der Waals surface area contributed by atoms with Crippen molar-refractivity contribution in [3.63, 3.8) is 0 Å². The van der Waals surface area contributed by atoms with E-state index in [4.69, 9.17) is 4.42 Å². The van der Waals surface area contributed by atoms with Crippen molar-refractivity contribution in [3.8, 4) is 0 Å². The summed E-state index contributed by atoms with van der Waals surface area (Å²) in [6.07, 6.45) is 0. The maximum atomic E-state index is 5.74. The molecule has 4 heteroatoms. The number of hydrogen-bond acceptors (Lipinski definition) is 4. The Balaban J connectivity index is 1.85. The van der Waals surface area contributed by atoms with Gasteiger partial charge in [-0.3, -0.25) is 4.99 Å². The van der Waals surface area contributed by atoms with Gasteiger partial charge in [0.1, 0.15) is 11.3 Å². The molecule has 0 saturated carbocycles. The number of aliphatic imine (C=N–C) groups is 1. The third-order valence-electron chi connectivity index (χ3n) is 3.57. The van der Waals surface area contributed by atoms with Crippen LogP contribution < -0.4 is 0 Å². The Labute approximate surface area is 116 Å². The predicted molar refractivity (Wildman–Crippen MR) is 80.1 cm³/mol. The molecule has 2 aromatic rings. The van der Waals surface area contributed by atoms with Crippen LogP contribution in [0.15, 0.2) is 38.6 Å². The van der Waals surface area contributed by atoms with E-state index >= 15 is 0 Å². The molecule has 0 unspecified atom stereocenters. The van der Waals surface area contributed by atoms with Gasteiger partial charge in [0, 0.05) is 22.4 Å². The molecule has 0 bridgehead atoms. The summed E-state index contributed by atoms with van der Waals surface area (Å²) in [6, 6.07) is 8.53. The van der Waals surface area contributed by atoms with Gasteiger partial charge in [-0.2, -0.15) is 0 Å². The van der Waals surface area contributed by atoms with Gasteiger partial charge in [0.15, 0.2) is 5.17 Å². The quantitative estimate of drug-likeness (QED) is 0.788. The maximum Gasteiger partial charge on any atom is 0.168 e. The molecule has 2 aliphatic heterocycles. The lowest BCUT2D eigenvalue weighted by molar-refractivity contribution is 0.578. The zero-order valence-corrected chi connectivity index (χ0v) is 11.8. The largest absolute Gasteiger partial charge is 0.461 e. The first-order valence-electron chi connectivity index (χ1n) is 6.44. The number of thioether (sulfide) groups is 1. The highest BCUT2D eigenvalue weighted by Crippen LogP contribution is 2.41. The highest BCUT2D eigenvalue weighted by Gasteiger charge is 2.30. The molecule has 2 aliphatic rings. The molecule has 4 rings (SSSR count). The lowest BCUT2D eigenvalue weighted by Gasteiger charge is -2.16. The minimum Gasteiger partial charge on any atom is -0.461 e. The first kappa shape index (κ1) is 11.2. The summed E-state index contributed by atoms with van der Waals surface area (Å²) in [4.78, 5) is 8.17. The van der Waals surface area contributed by atoms with Crippen molar-refractivity contribution in [1.29, 1.82) is 0 Å². The van der Waals surface area contributed by atoms with E-state index in [1.54, 1.807) is 11.8 Å². The van der Waals surface area contributed by atoms with E-state index in [2.05, 4.69) is 41.1 Å². The van der Waals surface area contributed by atoms with Crippen molar-refractivity contribution < 1.29 is 4.42 Å². The molecule has 0 amide bonds. The van der Waals surface area contributed by atoms with E-state index in [9.17, 15) is 0 Å². The summed E-state index contributed by atoms with van der Waals surface area (Å²) < 4.78 is 5.74. The third-order valence-corrected chi connectivity index (χ3v) is 4.60. The van der Waals surface area contributed by atoms with Crippen molar-refractivity contribution in [2.45, 2.75) is 13.8 Å². The van der Waals surface area contributed by atoms with Crippen LogP contribution in [-0.4, -0.2) is 23.2 Å². The Kier molecular flexibility index (Phi) is 2.30. The number of amidine groups is 1. The number of fused-ring (bicyclic) bond motifs is 2. The minimum atomic E-state index is 0.904. The van der Waals surface area contributed by atoms with E-state index in [-0.39, 0.29) is 0 Å². The SMILES string of the molecule is CC1=C(c2ccc3cc(C)oc3c2)N2CCN=C2S1. The molecule has 0 N–H and O–H groups in total.